The molecule has 5 aliphatic rings. The van der Waals surface area contributed by atoms with Crippen LogP contribution in [0.25, 0.3) is 43.8 Å². The molecule has 0 radical (unpaired) electrons. The van der Waals surface area contributed by atoms with Crippen molar-refractivity contribution in [3.8, 4) is 11.1 Å². The summed E-state index contributed by atoms with van der Waals surface area (Å²) in [6.45, 7) is 30.8. The van der Waals surface area contributed by atoms with Crippen molar-refractivity contribution in [1.29, 1.82) is 0 Å². The number of H-pyrrole nitrogens is 1. The Morgan fingerprint density at radius 3 is 1.80 bits per heavy atom. The van der Waals surface area contributed by atoms with Gasteiger partial charge in [-0.2, -0.15) is 0 Å². The van der Waals surface area contributed by atoms with Crippen LogP contribution in [0.2, 0.25) is 0 Å². The van der Waals surface area contributed by atoms with E-state index in [2.05, 4.69) is 131 Å². The van der Waals surface area contributed by atoms with Crippen molar-refractivity contribution in [2.45, 2.75) is 126 Å². The van der Waals surface area contributed by atoms with Gasteiger partial charge in [0.2, 0.25) is 11.6 Å². The van der Waals surface area contributed by atoms with Gasteiger partial charge >= 0.3 is 0 Å². The van der Waals surface area contributed by atoms with Crippen molar-refractivity contribution >= 4 is 44.3 Å². The monoisotopic (exact) mass is 742 g/mol. The third-order valence-corrected chi connectivity index (χ3v) is 13.0. The van der Waals surface area contributed by atoms with E-state index < -0.39 is 11.6 Å². The van der Waals surface area contributed by atoms with E-state index in [4.69, 9.17) is 4.98 Å². The number of Topliss-reactive ketones (excluding diaryl/α,β-unsaturated/α-hetero) is 2. The molecule has 0 spiro atoms. The van der Waals surface area contributed by atoms with Crippen molar-refractivity contribution < 1.29 is 14.7 Å². The van der Waals surface area contributed by atoms with Gasteiger partial charge in [0.15, 0.2) is 0 Å². The molecule has 0 fully saturated rings. The van der Waals surface area contributed by atoms with Gasteiger partial charge in [0.1, 0.15) is 5.76 Å². The normalized spacial score (nSPS) is 18.7. The predicted molar refractivity (Wildman–Crippen MR) is 229 cm³/mol. The maximum absolute atomic E-state index is 14.5. The lowest BCUT2D eigenvalue weighted by atomic mass is 9.72. The lowest BCUT2D eigenvalue weighted by Crippen LogP contribution is -2.20. The van der Waals surface area contributed by atoms with Gasteiger partial charge in [0, 0.05) is 33.3 Å². The van der Waals surface area contributed by atoms with Crippen molar-refractivity contribution in [2.75, 3.05) is 0 Å². The summed E-state index contributed by atoms with van der Waals surface area (Å²) in [6.07, 6.45) is 3.24. The van der Waals surface area contributed by atoms with Gasteiger partial charge in [-0.15, -0.1) is 0 Å². The summed E-state index contributed by atoms with van der Waals surface area (Å²) in [7, 11) is 0. The first-order valence-electron chi connectivity index (χ1n) is 20.2. The van der Waals surface area contributed by atoms with Crippen molar-refractivity contribution in [1.82, 2.24) is 9.97 Å². The molecule has 2 N–H and O–H groups in total. The number of allylic oxidation sites excluding steroid dienone is 4. The zero-order valence-electron chi connectivity index (χ0n) is 35.5. The number of aryl methyl sites for hydroxylation is 2. The molecule has 0 amide bonds. The zero-order chi connectivity index (χ0) is 40.5. The third-order valence-electron chi connectivity index (χ3n) is 13.0. The Morgan fingerprint density at radius 2 is 1.23 bits per heavy atom. The predicted octanol–water partition coefficient (Wildman–Crippen LogP) is 11.0. The van der Waals surface area contributed by atoms with Crippen LogP contribution in [0.5, 0.6) is 0 Å². The lowest BCUT2D eigenvalue weighted by Gasteiger charge is -2.32. The number of hydrogen-bond donors (Lipinski definition) is 2. The summed E-state index contributed by atoms with van der Waals surface area (Å²) in [4.78, 5) is 37.5. The highest BCUT2D eigenvalue weighted by Gasteiger charge is 2.45. The van der Waals surface area contributed by atoms with Crippen LogP contribution >= 0.6 is 0 Å². The Balaban J connectivity index is 1.37. The molecule has 9 rings (SSSR count). The number of carbonyl (C=O) groups excluding carboxylic acids is 2. The molecule has 3 aromatic carbocycles. The Hall–Kier alpha value is -5.03. The highest BCUT2D eigenvalue weighted by Crippen LogP contribution is 2.56. The highest BCUT2D eigenvalue weighted by molar-refractivity contribution is 6.70. The molecular formula is C51H54N2O3. The Bertz CT molecular complexity index is 2970. The van der Waals surface area contributed by atoms with Gasteiger partial charge in [0.05, 0.1) is 22.2 Å². The number of benzene rings is 3. The van der Waals surface area contributed by atoms with Crippen LogP contribution in [0, 0.1) is 29.7 Å². The fourth-order valence-electron chi connectivity index (χ4n) is 9.80. The fourth-order valence-corrected chi connectivity index (χ4v) is 9.80. The molecule has 5 heteroatoms. The number of ketones is 2. The number of hydrogen-bond acceptors (Lipinski definition) is 4. The van der Waals surface area contributed by atoms with Crippen LogP contribution in [-0.2, 0) is 32.3 Å². The minimum atomic E-state index is -0.714. The molecular weight excluding hydrogens is 689 g/mol. The van der Waals surface area contributed by atoms with Crippen LogP contribution in [-0.4, -0.2) is 26.6 Å². The molecule has 56 heavy (non-hydrogen) atoms. The molecule has 1 atom stereocenters. The highest BCUT2D eigenvalue weighted by atomic mass is 16.3. The molecule has 0 bridgehead atoms. The second-order valence-corrected chi connectivity index (χ2v) is 21.1. The maximum Gasteiger partial charge on any atom is 0.239 e. The molecule has 0 saturated carbocycles. The standard InChI is InChI=1S/C51H54N2O3/c1-23-35-31-19-27(48(3,4)5)15-25-17-29(50(9,10)11)21-33(37(25)31)39(35)43(52-23)41-45(54)42(47(56)46(41)55)44-40-34-22-30(51(12,13)14)18-26-16-28(49(6,7)8)20-32(38(26)34)36(40)24(2)53-44/h15-17,19-22,34,53-54H,18H2,1-14H3/b43-41+. The van der Waals surface area contributed by atoms with Crippen LogP contribution in [0.15, 0.2) is 53.8 Å². The summed E-state index contributed by atoms with van der Waals surface area (Å²) in [5.41, 5.74) is 12.7. The average Bonchev–Trinajstić information content (AvgIpc) is 3.84. The topological polar surface area (TPSA) is 83.0 Å². The molecule has 1 unspecified atom stereocenters. The summed E-state index contributed by atoms with van der Waals surface area (Å²) in [6, 6.07) is 13.8. The van der Waals surface area contributed by atoms with Crippen molar-refractivity contribution in [3.63, 3.8) is 0 Å². The summed E-state index contributed by atoms with van der Waals surface area (Å²) in [5, 5.41) is 19.0. The van der Waals surface area contributed by atoms with Gasteiger partial charge < -0.3 is 10.1 Å². The first kappa shape index (κ1) is 36.6. The van der Waals surface area contributed by atoms with E-state index in [1.807, 2.05) is 13.8 Å². The van der Waals surface area contributed by atoms with Gasteiger partial charge in [-0.1, -0.05) is 119 Å². The van der Waals surface area contributed by atoms with Crippen molar-refractivity contribution in [3.05, 3.63) is 120 Å². The number of aromatic nitrogens is 2. The first-order chi connectivity index (χ1) is 25.9. The van der Waals surface area contributed by atoms with Crippen LogP contribution in [0.3, 0.4) is 0 Å². The minimum absolute atomic E-state index is 0.00528. The van der Waals surface area contributed by atoms with E-state index in [-0.39, 0.29) is 44.5 Å². The molecule has 5 nitrogen and oxygen atoms in total. The van der Waals surface area contributed by atoms with Gasteiger partial charge in [0.25, 0.3) is 0 Å². The second-order valence-electron chi connectivity index (χ2n) is 21.1. The van der Waals surface area contributed by atoms with E-state index in [1.54, 1.807) is 0 Å². The molecule has 286 valence electrons. The van der Waals surface area contributed by atoms with Gasteiger partial charge in [-0.25, -0.2) is 0 Å². The van der Waals surface area contributed by atoms with E-state index in [9.17, 15) is 14.7 Å². The van der Waals surface area contributed by atoms with Crippen LogP contribution in [0.4, 0.5) is 0 Å². The zero-order valence-corrected chi connectivity index (χ0v) is 35.5. The number of rotatable bonds is 1. The summed E-state index contributed by atoms with van der Waals surface area (Å²) < 4.78 is 0. The Labute approximate surface area is 330 Å². The van der Waals surface area contributed by atoms with E-state index >= 15 is 0 Å². The number of aliphatic hydroxyl groups is 1. The molecule has 4 aliphatic carbocycles. The first-order valence-corrected chi connectivity index (χ1v) is 20.2. The fraction of sp³-hybridized carbons (Fsp3) is 0.392. The number of aromatic amines is 1. The van der Waals surface area contributed by atoms with E-state index in [0.717, 1.165) is 60.9 Å². The van der Waals surface area contributed by atoms with E-state index in [0.29, 0.717) is 11.0 Å². The van der Waals surface area contributed by atoms with Crippen LogP contribution < -0.4 is 5.35 Å². The number of nitrogens with one attached hydrogen (secondary N) is 1. The molecule has 2 heterocycles. The molecule has 1 aliphatic heterocycles. The van der Waals surface area contributed by atoms with Gasteiger partial charge in [-0.05, 0) is 115 Å². The quantitative estimate of drug-likeness (QED) is 0.130. The Kier molecular flexibility index (Phi) is 7.24. The minimum Gasteiger partial charge on any atom is -0.506 e. The summed E-state index contributed by atoms with van der Waals surface area (Å²) >= 11 is 0. The molecule has 0 saturated heterocycles. The molecule has 1 aromatic heterocycles. The number of fused-ring (bicyclic) bond motifs is 5. The van der Waals surface area contributed by atoms with Crippen molar-refractivity contribution in [2.24, 2.45) is 5.41 Å². The smallest absolute Gasteiger partial charge is 0.239 e. The number of nitrogens with zero attached hydrogens (tertiary/aromatic N) is 1. The Morgan fingerprint density at radius 1 is 0.679 bits per heavy atom. The second kappa shape index (κ2) is 11.1. The van der Waals surface area contributed by atoms with Gasteiger partial charge in [-0.3, -0.25) is 14.6 Å². The third kappa shape index (κ3) is 4.94. The lowest BCUT2D eigenvalue weighted by molar-refractivity contribution is -0.129. The molecule has 4 aromatic rings. The average molecular weight is 743 g/mol. The van der Waals surface area contributed by atoms with E-state index in [1.165, 1.54) is 39.0 Å². The van der Waals surface area contributed by atoms with Crippen LogP contribution in [0.1, 0.15) is 139 Å². The number of carbonyl (C=O) groups is 2. The summed E-state index contributed by atoms with van der Waals surface area (Å²) in [5.74, 6) is -1.81. The largest absolute Gasteiger partial charge is 0.506 e. The number of aliphatic hydroxyl groups excluding tert-OH is 1. The maximum atomic E-state index is 14.5. The SMILES string of the molecule is Cc1[nH]c(C2=C(O)/C(=c3\nc(C)c4c5cc(C(C)(C)C)cc6cc(C(C)(C)C)cc(c3=4)c65)C(=O)C2=O)c2c1-c1cc(C(C)(C)C)cc3c1C2C=C(C(C)(C)C)C3.